The van der Waals surface area contributed by atoms with Gasteiger partial charge in [0.2, 0.25) is 0 Å². The second-order valence-corrected chi connectivity index (χ2v) is 4.03. The topological polar surface area (TPSA) is 35.2 Å². The van der Waals surface area contributed by atoms with Crippen LogP contribution in [0.5, 0.6) is 0 Å². The van der Waals surface area contributed by atoms with Gasteiger partial charge in [0.15, 0.2) is 0 Å². The van der Waals surface area contributed by atoms with Crippen LogP contribution in [-0.2, 0) is 4.74 Å². The van der Waals surface area contributed by atoms with E-state index in [4.69, 9.17) is 10.5 Å². The minimum atomic E-state index is 0.435. The Balaban J connectivity index is 3.07. The minimum Gasteiger partial charge on any atom is -0.379 e. The van der Waals surface area contributed by atoms with Crippen LogP contribution in [0.15, 0.2) is 0 Å². The van der Waals surface area contributed by atoms with Crippen LogP contribution in [-0.4, -0.2) is 19.3 Å². The molecule has 86 valence electrons. The summed E-state index contributed by atoms with van der Waals surface area (Å²) in [5, 5.41) is 0. The van der Waals surface area contributed by atoms with Crippen molar-refractivity contribution in [2.45, 2.75) is 64.9 Å². The molecule has 0 saturated heterocycles. The fraction of sp³-hybridized carbons (Fsp3) is 1.00. The molecule has 0 saturated carbocycles. The Labute approximate surface area is 89.2 Å². The quantitative estimate of drug-likeness (QED) is 0.551. The van der Waals surface area contributed by atoms with Crippen LogP contribution in [0.4, 0.5) is 0 Å². The first kappa shape index (κ1) is 13.9. The summed E-state index contributed by atoms with van der Waals surface area (Å²) in [4.78, 5) is 0. The van der Waals surface area contributed by atoms with Crippen molar-refractivity contribution in [3.63, 3.8) is 0 Å². The molecular formula is C12H27NO. The van der Waals surface area contributed by atoms with Crippen LogP contribution in [0.25, 0.3) is 0 Å². The first-order valence-electron chi connectivity index (χ1n) is 6.13. The Bertz CT molecular complexity index is 94.5. The van der Waals surface area contributed by atoms with E-state index in [0.717, 1.165) is 26.0 Å². The lowest BCUT2D eigenvalue weighted by Crippen LogP contribution is -2.10. The molecule has 0 fully saturated rings. The van der Waals surface area contributed by atoms with E-state index in [1.165, 1.54) is 32.1 Å². The largest absolute Gasteiger partial charge is 0.379 e. The highest BCUT2D eigenvalue weighted by Crippen LogP contribution is 2.08. The third-order valence-corrected chi connectivity index (χ3v) is 2.47. The number of nitrogens with two attached hydrogens (primary N) is 1. The van der Waals surface area contributed by atoms with Crippen molar-refractivity contribution in [2.75, 3.05) is 13.2 Å². The van der Waals surface area contributed by atoms with Gasteiger partial charge >= 0.3 is 0 Å². The van der Waals surface area contributed by atoms with Crippen LogP contribution < -0.4 is 5.73 Å². The van der Waals surface area contributed by atoms with Crippen LogP contribution in [0, 0.1) is 0 Å². The van der Waals surface area contributed by atoms with Gasteiger partial charge in [0.25, 0.3) is 0 Å². The highest BCUT2D eigenvalue weighted by atomic mass is 16.5. The fourth-order valence-electron chi connectivity index (χ4n) is 1.47. The van der Waals surface area contributed by atoms with Crippen LogP contribution in [0.3, 0.4) is 0 Å². The zero-order valence-corrected chi connectivity index (χ0v) is 9.93. The van der Waals surface area contributed by atoms with Gasteiger partial charge in [-0.25, -0.2) is 0 Å². The third-order valence-electron chi connectivity index (χ3n) is 2.47. The molecule has 0 bridgehead atoms. The van der Waals surface area contributed by atoms with Crippen LogP contribution in [0.1, 0.15) is 58.8 Å². The molecule has 2 N–H and O–H groups in total. The maximum Gasteiger partial charge on any atom is 0.0547 e. The Kier molecular flexibility index (Phi) is 10.9. The average Bonchev–Trinajstić information content (AvgIpc) is 2.19. The Morgan fingerprint density at radius 1 is 1.07 bits per heavy atom. The van der Waals surface area contributed by atoms with Gasteiger partial charge in [0, 0.05) is 6.61 Å². The maximum absolute atomic E-state index is 5.67. The summed E-state index contributed by atoms with van der Waals surface area (Å²) in [6.07, 6.45) is 9.18. The van der Waals surface area contributed by atoms with E-state index < -0.39 is 0 Å². The highest BCUT2D eigenvalue weighted by Gasteiger charge is 2.00. The Morgan fingerprint density at radius 3 is 2.50 bits per heavy atom. The molecule has 0 radical (unpaired) electrons. The first-order chi connectivity index (χ1) is 6.81. The normalized spacial score (nSPS) is 13.1. The Hall–Kier alpha value is -0.0800. The number of hydrogen-bond donors (Lipinski definition) is 1. The van der Waals surface area contributed by atoms with Gasteiger partial charge in [-0.2, -0.15) is 0 Å². The molecule has 0 aromatic heterocycles. The molecular weight excluding hydrogens is 174 g/mol. The first-order valence-corrected chi connectivity index (χ1v) is 6.13. The van der Waals surface area contributed by atoms with E-state index in [1.54, 1.807) is 0 Å². The predicted octanol–water partition coefficient (Wildman–Crippen LogP) is 3.10. The molecule has 0 rings (SSSR count). The second-order valence-electron chi connectivity index (χ2n) is 4.03. The molecule has 14 heavy (non-hydrogen) atoms. The molecule has 0 aliphatic rings. The molecule has 2 heteroatoms. The fourth-order valence-corrected chi connectivity index (χ4v) is 1.47. The summed E-state index contributed by atoms with van der Waals surface area (Å²) in [6, 6.07) is 0. The standard InChI is InChI=1S/C12H27NO/c1-3-4-5-6-9-12(2)14-11-8-7-10-13/h12H,3-11,13H2,1-2H3. The molecule has 0 aliphatic heterocycles. The van der Waals surface area contributed by atoms with Gasteiger partial charge < -0.3 is 10.5 Å². The molecule has 0 aromatic carbocycles. The molecule has 0 amide bonds. The van der Waals surface area contributed by atoms with Crippen molar-refractivity contribution in [3.05, 3.63) is 0 Å². The number of rotatable bonds is 10. The zero-order chi connectivity index (χ0) is 10.6. The lowest BCUT2D eigenvalue weighted by Gasteiger charge is -2.12. The summed E-state index contributed by atoms with van der Waals surface area (Å²) >= 11 is 0. The van der Waals surface area contributed by atoms with Crippen molar-refractivity contribution in [1.82, 2.24) is 0 Å². The lowest BCUT2D eigenvalue weighted by molar-refractivity contribution is 0.0563. The van der Waals surface area contributed by atoms with Crippen molar-refractivity contribution in [1.29, 1.82) is 0 Å². The molecule has 0 heterocycles. The zero-order valence-electron chi connectivity index (χ0n) is 9.93. The van der Waals surface area contributed by atoms with Crippen LogP contribution >= 0.6 is 0 Å². The van der Waals surface area contributed by atoms with Gasteiger partial charge in [-0.05, 0) is 32.7 Å². The molecule has 0 aliphatic carbocycles. The SMILES string of the molecule is CCCCCCC(C)OCCCCN. The van der Waals surface area contributed by atoms with Crippen molar-refractivity contribution in [3.8, 4) is 0 Å². The number of unbranched alkanes of at least 4 members (excludes halogenated alkanes) is 4. The Morgan fingerprint density at radius 2 is 1.86 bits per heavy atom. The summed E-state index contributed by atoms with van der Waals surface area (Å²) in [5.41, 5.74) is 5.40. The van der Waals surface area contributed by atoms with Gasteiger partial charge in [-0.3, -0.25) is 0 Å². The second kappa shape index (κ2) is 11.0. The maximum atomic E-state index is 5.67. The molecule has 1 unspecified atom stereocenters. The van der Waals surface area contributed by atoms with Gasteiger partial charge in [-0.15, -0.1) is 0 Å². The van der Waals surface area contributed by atoms with E-state index in [0.29, 0.717) is 6.10 Å². The van der Waals surface area contributed by atoms with E-state index in [1.807, 2.05) is 0 Å². The van der Waals surface area contributed by atoms with E-state index in [2.05, 4.69) is 13.8 Å². The van der Waals surface area contributed by atoms with Gasteiger partial charge in [-0.1, -0.05) is 32.6 Å². The average molecular weight is 201 g/mol. The predicted molar refractivity (Wildman–Crippen MR) is 62.5 cm³/mol. The van der Waals surface area contributed by atoms with Crippen molar-refractivity contribution < 1.29 is 4.74 Å². The van der Waals surface area contributed by atoms with E-state index >= 15 is 0 Å². The smallest absolute Gasteiger partial charge is 0.0547 e. The summed E-state index contributed by atoms with van der Waals surface area (Å²) < 4.78 is 5.67. The highest BCUT2D eigenvalue weighted by molar-refractivity contribution is 4.52. The number of hydrogen-bond acceptors (Lipinski definition) is 2. The number of ether oxygens (including phenoxy) is 1. The monoisotopic (exact) mass is 201 g/mol. The molecule has 1 atom stereocenters. The van der Waals surface area contributed by atoms with E-state index in [9.17, 15) is 0 Å². The van der Waals surface area contributed by atoms with Crippen molar-refractivity contribution >= 4 is 0 Å². The minimum absolute atomic E-state index is 0.435. The van der Waals surface area contributed by atoms with Gasteiger partial charge in [0.1, 0.15) is 0 Å². The third kappa shape index (κ3) is 10.0. The summed E-state index contributed by atoms with van der Waals surface area (Å²) in [7, 11) is 0. The summed E-state index contributed by atoms with van der Waals surface area (Å²) in [6.45, 7) is 6.08. The lowest BCUT2D eigenvalue weighted by atomic mass is 10.1. The molecule has 0 spiro atoms. The molecule has 0 aromatic rings. The van der Waals surface area contributed by atoms with Crippen LogP contribution in [0.2, 0.25) is 0 Å². The van der Waals surface area contributed by atoms with E-state index in [-0.39, 0.29) is 0 Å². The summed E-state index contributed by atoms with van der Waals surface area (Å²) in [5.74, 6) is 0. The van der Waals surface area contributed by atoms with Crippen molar-refractivity contribution in [2.24, 2.45) is 5.73 Å². The van der Waals surface area contributed by atoms with Gasteiger partial charge in [0.05, 0.1) is 6.10 Å². The molecule has 2 nitrogen and oxygen atoms in total.